The van der Waals surface area contributed by atoms with Crippen molar-refractivity contribution < 1.29 is 4.79 Å². The zero-order valence-electron chi connectivity index (χ0n) is 11.5. The van der Waals surface area contributed by atoms with Crippen molar-refractivity contribution in [2.45, 2.75) is 39.0 Å². The van der Waals surface area contributed by atoms with Gasteiger partial charge in [0.1, 0.15) is 11.5 Å². The summed E-state index contributed by atoms with van der Waals surface area (Å²) in [5, 5.41) is 6.07. The first-order chi connectivity index (χ1) is 9.29. The molecule has 19 heavy (non-hydrogen) atoms. The van der Waals surface area contributed by atoms with Crippen molar-refractivity contribution in [1.29, 1.82) is 0 Å². The highest BCUT2D eigenvalue weighted by Gasteiger charge is 2.16. The van der Waals surface area contributed by atoms with Crippen molar-refractivity contribution in [2.24, 2.45) is 5.92 Å². The molecule has 0 atom stereocenters. The maximum atomic E-state index is 11.9. The Hall–Kier alpha value is -1.65. The lowest BCUT2D eigenvalue weighted by molar-refractivity contribution is 0.0942. The van der Waals surface area contributed by atoms with E-state index in [2.05, 4.69) is 27.5 Å². The van der Waals surface area contributed by atoms with E-state index in [9.17, 15) is 4.79 Å². The predicted octanol–water partition coefficient (Wildman–Crippen LogP) is 2.22. The van der Waals surface area contributed by atoms with Gasteiger partial charge in [-0.3, -0.25) is 4.79 Å². The van der Waals surface area contributed by atoms with Crippen LogP contribution in [0, 0.1) is 5.92 Å². The molecule has 0 spiro atoms. The van der Waals surface area contributed by atoms with E-state index < -0.39 is 0 Å². The third kappa shape index (κ3) is 4.19. The molecule has 1 amide bonds. The minimum atomic E-state index is -0.124. The van der Waals surface area contributed by atoms with Crippen molar-refractivity contribution >= 4 is 11.7 Å². The third-order valence-corrected chi connectivity index (χ3v) is 3.47. The van der Waals surface area contributed by atoms with Crippen LogP contribution in [0.3, 0.4) is 0 Å². The van der Waals surface area contributed by atoms with E-state index in [1.165, 1.54) is 31.9 Å². The molecule has 0 bridgehead atoms. The molecule has 5 nitrogen and oxygen atoms in total. The molecule has 1 aromatic heterocycles. The van der Waals surface area contributed by atoms with Gasteiger partial charge < -0.3 is 10.6 Å². The number of hydrogen-bond donors (Lipinski definition) is 2. The minimum Gasteiger partial charge on any atom is -0.369 e. The number of nitrogens with zero attached hydrogens (tertiary/aromatic N) is 2. The first kappa shape index (κ1) is 13.8. The predicted molar refractivity (Wildman–Crippen MR) is 75.1 cm³/mol. The molecule has 0 saturated heterocycles. The van der Waals surface area contributed by atoms with E-state index in [4.69, 9.17) is 0 Å². The number of carbonyl (C=O) groups is 1. The van der Waals surface area contributed by atoms with E-state index in [1.54, 1.807) is 6.20 Å². The number of hydrogen-bond acceptors (Lipinski definition) is 4. The lowest BCUT2D eigenvalue weighted by Crippen LogP contribution is -2.29. The Morgan fingerprint density at radius 1 is 1.32 bits per heavy atom. The summed E-state index contributed by atoms with van der Waals surface area (Å²) in [4.78, 5) is 20.2. The molecule has 0 unspecified atom stereocenters. The first-order valence-electron chi connectivity index (χ1n) is 7.13. The van der Waals surface area contributed by atoms with Crippen LogP contribution >= 0.6 is 0 Å². The number of rotatable bonds is 6. The van der Waals surface area contributed by atoms with Crippen molar-refractivity contribution in [3.05, 3.63) is 18.1 Å². The molecule has 0 radical (unpaired) electrons. The molecule has 1 fully saturated rings. The van der Waals surface area contributed by atoms with E-state index in [0.717, 1.165) is 19.5 Å². The van der Waals surface area contributed by atoms with E-state index in [-0.39, 0.29) is 5.91 Å². The van der Waals surface area contributed by atoms with Gasteiger partial charge in [0.05, 0.1) is 12.4 Å². The number of nitrogens with one attached hydrogen (secondary N) is 2. The molecule has 104 valence electrons. The molecular formula is C14H22N4O. The molecule has 1 aliphatic carbocycles. The highest BCUT2D eigenvalue weighted by Crippen LogP contribution is 2.23. The molecule has 1 aromatic rings. The summed E-state index contributed by atoms with van der Waals surface area (Å²) in [6, 6.07) is 0. The van der Waals surface area contributed by atoms with Crippen LogP contribution in [-0.4, -0.2) is 29.0 Å². The van der Waals surface area contributed by atoms with Crippen molar-refractivity contribution in [3.8, 4) is 0 Å². The molecular weight excluding hydrogens is 240 g/mol. The van der Waals surface area contributed by atoms with Gasteiger partial charge in [0, 0.05) is 13.1 Å². The molecule has 0 aromatic carbocycles. The largest absolute Gasteiger partial charge is 0.369 e. The first-order valence-corrected chi connectivity index (χ1v) is 7.13. The van der Waals surface area contributed by atoms with Crippen LogP contribution in [0.15, 0.2) is 12.4 Å². The van der Waals surface area contributed by atoms with Crippen LogP contribution in [-0.2, 0) is 0 Å². The Morgan fingerprint density at radius 2 is 2.11 bits per heavy atom. The maximum Gasteiger partial charge on any atom is 0.271 e. The Labute approximate surface area is 114 Å². The van der Waals surface area contributed by atoms with Crippen molar-refractivity contribution in [3.63, 3.8) is 0 Å². The SMILES string of the molecule is CCCNc1cnc(C(=O)NCC2CCCC2)cn1. The Balaban J connectivity index is 1.81. The van der Waals surface area contributed by atoms with Gasteiger partial charge in [-0.25, -0.2) is 9.97 Å². The highest BCUT2D eigenvalue weighted by molar-refractivity contribution is 5.91. The molecule has 5 heteroatoms. The van der Waals surface area contributed by atoms with Gasteiger partial charge in [-0.15, -0.1) is 0 Å². The molecule has 1 saturated carbocycles. The van der Waals surface area contributed by atoms with Crippen LogP contribution in [0.5, 0.6) is 0 Å². The van der Waals surface area contributed by atoms with Crippen LogP contribution < -0.4 is 10.6 Å². The maximum absolute atomic E-state index is 11.9. The standard InChI is InChI=1S/C14H22N4O/c1-2-7-15-13-10-16-12(9-17-13)14(19)18-8-11-5-3-4-6-11/h9-11H,2-8H2,1H3,(H,15,17)(H,18,19). The summed E-state index contributed by atoms with van der Waals surface area (Å²) in [6.45, 7) is 3.71. The molecule has 1 aliphatic rings. The Kier molecular flexibility index (Phi) is 5.12. The van der Waals surface area contributed by atoms with Gasteiger partial charge in [-0.1, -0.05) is 19.8 Å². The molecule has 0 aliphatic heterocycles. The smallest absolute Gasteiger partial charge is 0.271 e. The van der Waals surface area contributed by atoms with Gasteiger partial charge in [-0.05, 0) is 25.2 Å². The fourth-order valence-corrected chi connectivity index (χ4v) is 2.33. The summed E-state index contributed by atoms with van der Waals surface area (Å²) in [5.41, 5.74) is 0.389. The summed E-state index contributed by atoms with van der Waals surface area (Å²) in [5.74, 6) is 1.23. The summed E-state index contributed by atoms with van der Waals surface area (Å²) >= 11 is 0. The zero-order chi connectivity index (χ0) is 13.5. The fraction of sp³-hybridized carbons (Fsp3) is 0.643. The second-order valence-corrected chi connectivity index (χ2v) is 5.07. The van der Waals surface area contributed by atoms with Gasteiger partial charge in [0.15, 0.2) is 0 Å². The zero-order valence-corrected chi connectivity index (χ0v) is 11.5. The minimum absolute atomic E-state index is 0.124. The lowest BCUT2D eigenvalue weighted by Gasteiger charge is -2.10. The van der Waals surface area contributed by atoms with Crippen molar-refractivity contribution in [2.75, 3.05) is 18.4 Å². The fourth-order valence-electron chi connectivity index (χ4n) is 2.33. The van der Waals surface area contributed by atoms with Crippen LogP contribution in [0.4, 0.5) is 5.82 Å². The number of aromatic nitrogens is 2. The lowest BCUT2D eigenvalue weighted by atomic mass is 10.1. The molecule has 1 heterocycles. The summed E-state index contributed by atoms with van der Waals surface area (Å²) in [7, 11) is 0. The van der Waals surface area contributed by atoms with Gasteiger partial charge in [0.2, 0.25) is 0 Å². The summed E-state index contributed by atoms with van der Waals surface area (Å²) < 4.78 is 0. The quantitative estimate of drug-likeness (QED) is 0.825. The van der Waals surface area contributed by atoms with Crippen molar-refractivity contribution in [1.82, 2.24) is 15.3 Å². The number of anilines is 1. The number of amides is 1. The second kappa shape index (κ2) is 7.07. The molecule has 2 N–H and O–H groups in total. The summed E-state index contributed by atoms with van der Waals surface area (Å²) in [6.07, 6.45) is 9.21. The monoisotopic (exact) mass is 262 g/mol. The van der Waals surface area contributed by atoms with Crippen LogP contribution in [0.1, 0.15) is 49.5 Å². The average Bonchev–Trinajstić information content (AvgIpc) is 2.96. The normalized spacial score (nSPS) is 15.4. The van der Waals surface area contributed by atoms with Gasteiger partial charge in [0.25, 0.3) is 5.91 Å². The third-order valence-electron chi connectivity index (χ3n) is 3.47. The average molecular weight is 262 g/mol. The van der Waals surface area contributed by atoms with Gasteiger partial charge >= 0.3 is 0 Å². The Morgan fingerprint density at radius 3 is 2.74 bits per heavy atom. The van der Waals surface area contributed by atoms with E-state index >= 15 is 0 Å². The van der Waals surface area contributed by atoms with Crippen LogP contribution in [0.25, 0.3) is 0 Å². The highest BCUT2D eigenvalue weighted by atomic mass is 16.1. The number of carbonyl (C=O) groups excluding carboxylic acids is 1. The van der Waals surface area contributed by atoms with E-state index in [1.807, 2.05) is 0 Å². The van der Waals surface area contributed by atoms with Gasteiger partial charge in [-0.2, -0.15) is 0 Å². The van der Waals surface area contributed by atoms with Crippen LogP contribution in [0.2, 0.25) is 0 Å². The second-order valence-electron chi connectivity index (χ2n) is 5.07. The topological polar surface area (TPSA) is 66.9 Å². The Bertz CT molecular complexity index is 398. The molecule has 2 rings (SSSR count). The van der Waals surface area contributed by atoms with E-state index in [0.29, 0.717) is 17.4 Å².